The van der Waals surface area contributed by atoms with Crippen molar-refractivity contribution in [2.24, 2.45) is 0 Å². The summed E-state index contributed by atoms with van der Waals surface area (Å²) >= 11 is 0. The molecule has 0 aliphatic rings. The number of carbonyl (C=O) groups excluding carboxylic acids is 1. The molecule has 1 atom stereocenters. The first-order valence-corrected chi connectivity index (χ1v) is 6.86. The van der Waals surface area contributed by atoms with Gasteiger partial charge < -0.3 is 15.2 Å². The van der Waals surface area contributed by atoms with Crippen molar-refractivity contribution in [3.63, 3.8) is 0 Å². The number of hydrogen-bond donors (Lipinski definition) is 2. The molecular formula is C17H19NO3. The molecule has 0 radical (unpaired) electrons. The van der Waals surface area contributed by atoms with Crippen molar-refractivity contribution >= 4 is 5.91 Å². The van der Waals surface area contributed by atoms with Crippen LogP contribution < -0.4 is 10.1 Å². The maximum Gasteiger partial charge on any atom is 0.258 e. The highest BCUT2D eigenvalue weighted by molar-refractivity contribution is 5.77. The largest absolute Gasteiger partial charge is 0.484 e. The molecule has 4 nitrogen and oxygen atoms in total. The highest BCUT2D eigenvalue weighted by Gasteiger charge is 2.05. The molecule has 2 aromatic carbocycles. The summed E-state index contributed by atoms with van der Waals surface area (Å²) in [6, 6.07) is 16.8. The van der Waals surface area contributed by atoms with E-state index in [1.807, 2.05) is 36.4 Å². The van der Waals surface area contributed by atoms with Gasteiger partial charge >= 0.3 is 0 Å². The van der Waals surface area contributed by atoms with Crippen molar-refractivity contribution in [1.82, 2.24) is 5.32 Å². The van der Waals surface area contributed by atoms with Crippen LogP contribution in [0.1, 0.15) is 24.2 Å². The first-order valence-electron chi connectivity index (χ1n) is 6.86. The Balaban J connectivity index is 1.80. The number of aliphatic hydroxyl groups excluding tert-OH is 1. The molecule has 1 amide bonds. The van der Waals surface area contributed by atoms with Gasteiger partial charge in [0.05, 0.1) is 6.10 Å². The average molecular weight is 285 g/mol. The van der Waals surface area contributed by atoms with Gasteiger partial charge in [-0.3, -0.25) is 4.79 Å². The van der Waals surface area contributed by atoms with Crippen LogP contribution in [0.25, 0.3) is 0 Å². The third-order valence-electron chi connectivity index (χ3n) is 3.04. The molecule has 0 bridgehead atoms. The lowest BCUT2D eigenvalue weighted by molar-refractivity contribution is -0.123. The Morgan fingerprint density at radius 3 is 2.67 bits per heavy atom. The van der Waals surface area contributed by atoms with E-state index in [0.29, 0.717) is 12.3 Å². The summed E-state index contributed by atoms with van der Waals surface area (Å²) < 4.78 is 5.42. The minimum atomic E-state index is -0.555. The van der Waals surface area contributed by atoms with Crippen LogP contribution in [0.15, 0.2) is 54.6 Å². The number of rotatable bonds is 6. The Bertz CT molecular complexity index is 582. The molecule has 1 unspecified atom stereocenters. The molecule has 0 aliphatic carbocycles. The predicted octanol–water partition coefficient (Wildman–Crippen LogP) is 2.44. The monoisotopic (exact) mass is 285 g/mol. The van der Waals surface area contributed by atoms with Gasteiger partial charge in [-0.25, -0.2) is 0 Å². The lowest BCUT2D eigenvalue weighted by Crippen LogP contribution is -2.28. The minimum absolute atomic E-state index is 0.0455. The van der Waals surface area contributed by atoms with E-state index in [-0.39, 0.29) is 12.5 Å². The van der Waals surface area contributed by atoms with Crippen LogP contribution in [0.3, 0.4) is 0 Å². The Hall–Kier alpha value is -2.33. The molecule has 0 saturated heterocycles. The fraction of sp³-hybridized carbons (Fsp3) is 0.235. The smallest absolute Gasteiger partial charge is 0.258 e. The maximum absolute atomic E-state index is 11.7. The summed E-state index contributed by atoms with van der Waals surface area (Å²) in [6.07, 6.45) is -0.555. The normalized spacial score (nSPS) is 11.7. The van der Waals surface area contributed by atoms with E-state index in [2.05, 4.69) is 5.32 Å². The van der Waals surface area contributed by atoms with Gasteiger partial charge in [-0.15, -0.1) is 0 Å². The van der Waals surface area contributed by atoms with Crippen LogP contribution in [0.5, 0.6) is 5.75 Å². The van der Waals surface area contributed by atoms with Gasteiger partial charge in [0.1, 0.15) is 5.75 Å². The number of nitrogens with one attached hydrogen (secondary N) is 1. The number of benzene rings is 2. The van der Waals surface area contributed by atoms with Crippen LogP contribution in [0.4, 0.5) is 0 Å². The van der Waals surface area contributed by atoms with Gasteiger partial charge in [0.25, 0.3) is 5.91 Å². The first kappa shape index (κ1) is 15.1. The van der Waals surface area contributed by atoms with E-state index in [9.17, 15) is 9.90 Å². The van der Waals surface area contributed by atoms with Crippen molar-refractivity contribution in [2.45, 2.75) is 19.6 Å². The van der Waals surface area contributed by atoms with Gasteiger partial charge in [0.2, 0.25) is 0 Å². The molecule has 0 fully saturated rings. The molecule has 0 spiro atoms. The molecule has 4 heteroatoms. The fourth-order valence-electron chi connectivity index (χ4n) is 1.86. The summed E-state index contributed by atoms with van der Waals surface area (Å²) in [5, 5.41) is 12.3. The second-order valence-electron chi connectivity index (χ2n) is 4.80. The van der Waals surface area contributed by atoms with Crippen LogP contribution in [0, 0.1) is 0 Å². The Morgan fingerprint density at radius 2 is 1.95 bits per heavy atom. The number of aliphatic hydroxyl groups is 1. The highest BCUT2D eigenvalue weighted by Crippen LogP contribution is 2.18. The van der Waals surface area contributed by atoms with Gasteiger partial charge in [0, 0.05) is 6.54 Å². The van der Waals surface area contributed by atoms with Gasteiger partial charge in [-0.1, -0.05) is 42.5 Å². The zero-order valence-electron chi connectivity index (χ0n) is 12.0. The van der Waals surface area contributed by atoms with Crippen molar-refractivity contribution in [3.05, 3.63) is 65.7 Å². The number of carbonyl (C=O) groups is 1. The summed E-state index contributed by atoms with van der Waals surface area (Å²) in [5.74, 6) is 0.393. The molecule has 0 aromatic heterocycles. The Kier molecular flexibility index (Phi) is 5.35. The minimum Gasteiger partial charge on any atom is -0.484 e. The van der Waals surface area contributed by atoms with Crippen LogP contribution >= 0.6 is 0 Å². The molecule has 0 heterocycles. The number of amides is 1. The van der Waals surface area contributed by atoms with E-state index in [4.69, 9.17) is 4.74 Å². The van der Waals surface area contributed by atoms with E-state index in [1.165, 1.54) is 0 Å². The third kappa shape index (κ3) is 4.93. The van der Waals surface area contributed by atoms with Gasteiger partial charge in [0.15, 0.2) is 6.61 Å². The topological polar surface area (TPSA) is 58.6 Å². The standard InChI is InChI=1S/C17H19NO3/c1-13(19)15-8-5-9-16(10-15)21-12-17(20)18-11-14-6-3-2-4-7-14/h2-10,13,19H,11-12H2,1H3,(H,18,20). The SMILES string of the molecule is CC(O)c1cccc(OCC(=O)NCc2ccccc2)c1. The molecule has 2 aromatic rings. The summed E-state index contributed by atoms with van der Waals surface area (Å²) in [5.41, 5.74) is 1.80. The lowest BCUT2D eigenvalue weighted by Gasteiger charge is -2.10. The molecule has 0 saturated carbocycles. The summed E-state index contributed by atoms with van der Waals surface area (Å²) in [4.78, 5) is 11.7. The van der Waals surface area contributed by atoms with Crippen molar-refractivity contribution in [1.29, 1.82) is 0 Å². The molecular weight excluding hydrogens is 266 g/mol. The second-order valence-corrected chi connectivity index (χ2v) is 4.80. The zero-order valence-corrected chi connectivity index (χ0v) is 12.0. The molecule has 2 rings (SSSR count). The quantitative estimate of drug-likeness (QED) is 0.857. The summed E-state index contributed by atoms with van der Waals surface area (Å²) in [7, 11) is 0. The fourth-order valence-corrected chi connectivity index (χ4v) is 1.86. The molecule has 0 aliphatic heterocycles. The Morgan fingerprint density at radius 1 is 1.19 bits per heavy atom. The predicted molar refractivity (Wildman–Crippen MR) is 80.9 cm³/mol. The van der Waals surface area contributed by atoms with E-state index < -0.39 is 6.10 Å². The molecule has 110 valence electrons. The molecule has 21 heavy (non-hydrogen) atoms. The third-order valence-corrected chi connectivity index (χ3v) is 3.04. The van der Waals surface area contributed by atoms with Crippen molar-refractivity contribution < 1.29 is 14.6 Å². The van der Waals surface area contributed by atoms with E-state index in [1.54, 1.807) is 25.1 Å². The molecule has 2 N–H and O–H groups in total. The Labute approximate surface area is 124 Å². The van der Waals surface area contributed by atoms with E-state index >= 15 is 0 Å². The lowest BCUT2D eigenvalue weighted by atomic mass is 10.1. The average Bonchev–Trinajstić information content (AvgIpc) is 2.52. The highest BCUT2D eigenvalue weighted by atomic mass is 16.5. The van der Waals surface area contributed by atoms with Gasteiger partial charge in [-0.05, 0) is 30.2 Å². The van der Waals surface area contributed by atoms with Crippen LogP contribution in [-0.4, -0.2) is 17.6 Å². The zero-order chi connectivity index (χ0) is 15.1. The second kappa shape index (κ2) is 7.45. The summed E-state index contributed by atoms with van der Waals surface area (Å²) in [6.45, 7) is 2.12. The number of hydrogen-bond acceptors (Lipinski definition) is 3. The maximum atomic E-state index is 11.7. The van der Waals surface area contributed by atoms with Crippen molar-refractivity contribution in [3.8, 4) is 5.75 Å². The first-order chi connectivity index (χ1) is 10.1. The van der Waals surface area contributed by atoms with Crippen molar-refractivity contribution in [2.75, 3.05) is 6.61 Å². The van der Waals surface area contributed by atoms with E-state index in [0.717, 1.165) is 11.1 Å². The van der Waals surface area contributed by atoms with Crippen LogP contribution in [-0.2, 0) is 11.3 Å². The van der Waals surface area contributed by atoms with Crippen LogP contribution in [0.2, 0.25) is 0 Å². The van der Waals surface area contributed by atoms with Gasteiger partial charge in [-0.2, -0.15) is 0 Å². The number of ether oxygens (including phenoxy) is 1.